The zero-order valence-electron chi connectivity index (χ0n) is 17.6. The van der Waals surface area contributed by atoms with Crippen molar-refractivity contribution in [2.75, 3.05) is 19.7 Å². The van der Waals surface area contributed by atoms with Crippen LogP contribution in [0.2, 0.25) is 10.0 Å². The fourth-order valence-electron chi connectivity index (χ4n) is 4.15. The highest BCUT2D eigenvalue weighted by atomic mass is 35.5. The van der Waals surface area contributed by atoms with Crippen molar-refractivity contribution in [1.82, 2.24) is 4.90 Å². The van der Waals surface area contributed by atoms with Crippen LogP contribution in [0, 0.1) is 0 Å². The Balaban J connectivity index is 1.37. The minimum absolute atomic E-state index is 0.0124. The summed E-state index contributed by atoms with van der Waals surface area (Å²) >= 11 is 12.3. The number of likely N-dealkylation sites (tertiary alicyclic amines) is 1. The lowest BCUT2D eigenvalue weighted by molar-refractivity contribution is -0.136. The number of ether oxygens (including phenoxy) is 2. The molecule has 0 bridgehead atoms. The van der Waals surface area contributed by atoms with E-state index in [1.165, 1.54) is 5.56 Å². The number of benzene rings is 2. The highest BCUT2D eigenvalue weighted by Gasteiger charge is 2.44. The zero-order valence-corrected chi connectivity index (χ0v) is 19.1. The molecule has 1 amide bonds. The van der Waals surface area contributed by atoms with Crippen molar-refractivity contribution >= 4 is 34.9 Å². The molecule has 0 atom stereocenters. The van der Waals surface area contributed by atoms with E-state index in [1.807, 2.05) is 24.3 Å². The van der Waals surface area contributed by atoms with Gasteiger partial charge in [0.15, 0.2) is 12.4 Å². The summed E-state index contributed by atoms with van der Waals surface area (Å²) < 4.78 is 12.0. The highest BCUT2D eigenvalue weighted by Crippen LogP contribution is 2.44. The first-order valence-electron chi connectivity index (χ1n) is 10.5. The van der Waals surface area contributed by atoms with Crippen molar-refractivity contribution < 1.29 is 19.1 Å². The zero-order chi connectivity index (χ0) is 22.2. The predicted octanol–water partition coefficient (Wildman–Crippen LogP) is 5.52. The standard InChI is InChI=1S/C24H25Cl2NO4/c1-15(2)16-4-3-5-18(10-16)30-14-22(29)27-8-6-24(7-9-27)13-21(28)19-11-17(25)12-20(26)23(19)31-24/h3-5,10-12,15H,6-9,13-14H2,1-2H3. The monoisotopic (exact) mass is 461 g/mol. The first-order valence-corrected chi connectivity index (χ1v) is 11.2. The molecule has 1 saturated heterocycles. The van der Waals surface area contributed by atoms with Crippen LogP contribution in [-0.2, 0) is 4.79 Å². The normalized spacial score (nSPS) is 17.5. The van der Waals surface area contributed by atoms with E-state index in [9.17, 15) is 9.59 Å². The number of amides is 1. The number of nitrogens with zero attached hydrogens (tertiary/aromatic N) is 1. The molecule has 1 fully saturated rings. The van der Waals surface area contributed by atoms with E-state index >= 15 is 0 Å². The van der Waals surface area contributed by atoms with Crippen molar-refractivity contribution in [3.8, 4) is 11.5 Å². The first kappa shape index (κ1) is 22.0. The van der Waals surface area contributed by atoms with Crippen molar-refractivity contribution in [3.63, 3.8) is 0 Å². The van der Waals surface area contributed by atoms with Crippen molar-refractivity contribution in [3.05, 3.63) is 57.6 Å². The van der Waals surface area contributed by atoms with Crippen LogP contribution in [-0.4, -0.2) is 41.9 Å². The maximum atomic E-state index is 12.7. The second-order valence-electron chi connectivity index (χ2n) is 8.55. The predicted molar refractivity (Wildman–Crippen MR) is 121 cm³/mol. The molecule has 0 saturated carbocycles. The van der Waals surface area contributed by atoms with Crippen LogP contribution in [0.1, 0.15) is 54.9 Å². The van der Waals surface area contributed by atoms with Gasteiger partial charge in [-0.05, 0) is 35.7 Å². The number of carbonyl (C=O) groups excluding carboxylic acids is 2. The molecule has 7 heteroatoms. The van der Waals surface area contributed by atoms with Crippen molar-refractivity contribution in [2.24, 2.45) is 0 Å². The topological polar surface area (TPSA) is 55.8 Å². The van der Waals surface area contributed by atoms with Crippen molar-refractivity contribution in [1.29, 1.82) is 0 Å². The quantitative estimate of drug-likeness (QED) is 0.600. The van der Waals surface area contributed by atoms with Gasteiger partial charge < -0.3 is 14.4 Å². The number of ketones is 1. The van der Waals surface area contributed by atoms with Gasteiger partial charge in [-0.1, -0.05) is 49.2 Å². The summed E-state index contributed by atoms with van der Waals surface area (Å²) in [6.07, 6.45) is 1.38. The molecule has 2 aliphatic heterocycles. The van der Waals surface area contributed by atoms with E-state index in [0.717, 1.165) is 0 Å². The fourth-order valence-corrected chi connectivity index (χ4v) is 4.69. The van der Waals surface area contributed by atoms with Crippen LogP contribution in [0.25, 0.3) is 0 Å². The molecule has 2 heterocycles. The van der Waals surface area contributed by atoms with Crippen LogP contribution in [0.4, 0.5) is 0 Å². The summed E-state index contributed by atoms with van der Waals surface area (Å²) in [5, 5.41) is 0.751. The molecule has 0 radical (unpaired) electrons. The SMILES string of the molecule is CC(C)c1cccc(OCC(=O)N2CCC3(CC2)CC(=O)c2cc(Cl)cc(Cl)c2O3)c1. The molecule has 31 heavy (non-hydrogen) atoms. The van der Waals surface area contributed by atoms with Gasteiger partial charge in [-0.2, -0.15) is 0 Å². The number of rotatable bonds is 4. The smallest absolute Gasteiger partial charge is 0.260 e. The Bertz CT molecular complexity index is 1010. The molecule has 0 N–H and O–H groups in total. The summed E-state index contributed by atoms with van der Waals surface area (Å²) in [5.74, 6) is 1.39. The minimum atomic E-state index is -0.634. The number of hydrogen-bond acceptors (Lipinski definition) is 4. The Morgan fingerprint density at radius 2 is 1.94 bits per heavy atom. The van der Waals surface area contributed by atoms with Crippen LogP contribution >= 0.6 is 23.2 Å². The summed E-state index contributed by atoms with van der Waals surface area (Å²) in [6, 6.07) is 11.0. The van der Waals surface area contributed by atoms with Gasteiger partial charge in [0.2, 0.25) is 0 Å². The maximum Gasteiger partial charge on any atom is 0.260 e. The minimum Gasteiger partial charge on any atom is -0.484 e. The second kappa shape index (κ2) is 8.71. The summed E-state index contributed by atoms with van der Waals surface area (Å²) in [4.78, 5) is 27.2. The fraction of sp³-hybridized carbons (Fsp3) is 0.417. The van der Waals surface area contributed by atoms with Gasteiger partial charge in [0.05, 0.1) is 17.0 Å². The van der Waals surface area contributed by atoms with Gasteiger partial charge in [-0.15, -0.1) is 0 Å². The van der Waals surface area contributed by atoms with Gasteiger partial charge in [0.25, 0.3) is 5.91 Å². The third kappa shape index (κ3) is 4.68. The molecule has 2 aromatic carbocycles. The van der Waals surface area contributed by atoms with Gasteiger partial charge in [-0.3, -0.25) is 9.59 Å². The molecule has 0 unspecified atom stereocenters. The Kier molecular flexibility index (Phi) is 6.18. The lowest BCUT2D eigenvalue weighted by Gasteiger charge is -2.44. The molecular formula is C24H25Cl2NO4. The van der Waals surface area contributed by atoms with E-state index in [-0.39, 0.29) is 24.7 Å². The first-order chi connectivity index (χ1) is 14.8. The average Bonchev–Trinajstić information content (AvgIpc) is 2.74. The lowest BCUT2D eigenvalue weighted by Crippen LogP contribution is -2.53. The molecule has 4 rings (SSSR count). The average molecular weight is 462 g/mol. The van der Waals surface area contributed by atoms with Gasteiger partial charge >= 0.3 is 0 Å². The molecule has 0 aliphatic carbocycles. The van der Waals surface area contributed by atoms with Crippen LogP contribution in [0.5, 0.6) is 11.5 Å². The second-order valence-corrected chi connectivity index (χ2v) is 9.39. The number of halogens is 2. The third-order valence-corrected chi connectivity index (χ3v) is 6.52. The van der Waals surface area contributed by atoms with Crippen LogP contribution in [0.15, 0.2) is 36.4 Å². The molecule has 2 aromatic rings. The van der Waals surface area contributed by atoms with E-state index in [1.54, 1.807) is 17.0 Å². The summed E-state index contributed by atoms with van der Waals surface area (Å²) in [7, 11) is 0. The molecule has 0 aromatic heterocycles. The van der Waals surface area contributed by atoms with Crippen molar-refractivity contribution in [2.45, 2.75) is 44.6 Å². The van der Waals surface area contributed by atoms with E-state index in [2.05, 4.69) is 13.8 Å². The van der Waals surface area contributed by atoms with Gasteiger partial charge in [0.1, 0.15) is 17.1 Å². The van der Waals surface area contributed by atoms with Gasteiger partial charge in [0, 0.05) is 31.0 Å². The van der Waals surface area contributed by atoms with E-state index < -0.39 is 5.60 Å². The Morgan fingerprint density at radius 3 is 2.65 bits per heavy atom. The van der Waals surface area contributed by atoms with E-state index in [0.29, 0.717) is 59.0 Å². The number of carbonyl (C=O) groups is 2. The summed E-state index contributed by atoms with van der Waals surface area (Å²) in [5.41, 5.74) is 0.966. The highest BCUT2D eigenvalue weighted by molar-refractivity contribution is 6.36. The maximum absolute atomic E-state index is 12.7. The van der Waals surface area contributed by atoms with Crippen LogP contribution < -0.4 is 9.47 Å². The van der Waals surface area contributed by atoms with Gasteiger partial charge in [-0.25, -0.2) is 0 Å². The Labute approximate surface area is 192 Å². The van der Waals surface area contributed by atoms with E-state index in [4.69, 9.17) is 32.7 Å². The Hall–Kier alpha value is -2.24. The summed E-state index contributed by atoms with van der Waals surface area (Å²) in [6.45, 7) is 5.23. The largest absolute Gasteiger partial charge is 0.484 e. The Morgan fingerprint density at radius 1 is 1.19 bits per heavy atom. The number of fused-ring (bicyclic) bond motifs is 1. The lowest BCUT2D eigenvalue weighted by atomic mass is 9.82. The van der Waals surface area contributed by atoms with Crippen LogP contribution in [0.3, 0.4) is 0 Å². The number of hydrogen-bond donors (Lipinski definition) is 0. The molecule has 1 spiro atoms. The third-order valence-electron chi connectivity index (χ3n) is 6.02. The molecular weight excluding hydrogens is 437 g/mol. The number of Topliss-reactive ketones (excluding diaryl/α,β-unsaturated/α-hetero) is 1. The molecule has 164 valence electrons. The number of piperidine rings is 1. The molecule has 5 nitrogen and oxygen atoms in total. The molecule has 2 aliphatic rings.